The summed E-state index contributed by atoms with van der Waals surface area (Å²) in [5, 5.41) is 0. The van der Waals surface area contributed by atoms with Gasteiger partial charge in [0.25, 0.3) is 0 Å². The highest BCUT2D eigenvalue weighted by molar-refractivity contribution is 5.44. The molecule has 1 heterocycles. The molecule has 18 heavy (non-hydrogen) atoms. The third kappa shape index (κ3) is 2.91. The van der Waals surface area contributed by atoms with Crippen LogP contribution >= 0.6 is 0 Å². The van der Waals surface area contributed by atoms with Crippen molar-refractivity contribution in [3.05, 3.63) is 48.3 Å². The third-order valence-electron chi connectivity index (χ3n) is 2.64. The van der Waals surface area contributed by atoms with Gasteiger partial charge in [0.05, 0.1) is 13.7 Å². The quantitative estimate of drug-likeness (QED) is 0.876. The number of methoxy groups -OCH3 is 1. The van der Waals surface area contributed by atoms with Crippen LogP contribution in [-0.2, 0) is 6.42 Å². The molecule has 0 saturated heterocycles. The van der Waals surface area contributed by atoms with Crippen LogP contribution in [0.3, 0.4) is 0 Å². The van der Waals surface area contributed by atoms with E-state index in [4.69, 9.17) is 15.2 Å². The van der Waals surface area contributed by atoms with Crippen molar-refractivity contribution in [3.63, 3.8) is 0 Å². The number of pyridine rings is 1. The van der Waals surface area contributed by atoms with Gasteiger partial charge in [-0.3, -0.25) is 4.98 Å². The van der Waals surface area contributed by atoms with Gasteiger partial charge in [-0.15, -0.1) is 0 Å². The Labute approximate surface area is 106 Å². The molecule has 0 atom stereocenters. The van der Waals surface area contributed by atoms with Crippen LogP contribution in [0.15, 0.2) is 42.7 Å². The predicted octanol–water partition coefficient (Wildman–Crippen LogP) is 2.29. The van der Waals surface area contributed by atoms with Crippen LogP contribution in [0.1, 0.15) is 5.56 Å². The van der Waals surface area contributed by atoms with E-state index in [0.29, 0.717) is 6.61 Å². The van der Waals surface area contributed by atoms with E-state index in [1.165, 1.54) is 0 Å². The van der Waals surface area contributed by atoms with E-state index in [1.807, 2.05) is 24.3 Å². The number of rotatable bonds is 5. The standard InChI is InChI=1S/C14H16N2O2/c1-17-13-4-2-3-5-14(13)18-9-7-11-10-16-8-6-12(11)15/h2-6,8,10H,7,9H2,1H3,(H2,15,16). The maximum atomic E-state index is 5.84. The summed E-state index contributed by atoms with van der Waals surface area (Å²) < 4.78 is 10.9. The zero-order valence-corrected chi connectivity index (χ0v) is 10.3. The number of nitrogens with two attached hydrogens (primary N) is 1. The van der Waals surface area contributed by atoms with Crippen molar-refractivity contribution in [2.24, 2.45) is 0 Å². The SMILES string of the molecule is COc1ccccc1OCCc1cnccc1N. The van der Waals surface area contributed by atoms with E-state index in [2.05, 4.69) is 4.98 Å². The van der Waals surface area contributed by atoms with Gasteiger partial charge in [-0.1, -0.05) is 12.1 Å². The van der Waals surface area contributed by atoms with E-state index in [1.54, 1.807) is 25.6 Å². The Bertz CT molecular complexity index is 515. The molecule has 0 aliphatic rings. The van der Waals surface area contributed by atoms with Gasteiger partial charge in [-0.2, -0.15) is 0 Å². The van der Waals surface area contributed by atoms with Crippen molar-refractivity contribution in [2.75, 3.05) is 19.5 Å². The zero-order chi connectivity index (χ0) is 12.8. The van der Waals surface area contributed by atoms with E-state index in [-0.39, 0.29) is 0 Å². The van der Waals surface area contributed by atoms with Crippen LogP contribution in [0, 0.1) is 0 Å². The van der Waals surface area contributed by atoms with Crippen molar-refractivity contribution in [3.8, 4) is 11.5 Å². The Morgan fingerprint density at radius 2 is 1.94 bits per heavy atom. The summed E-state index contributed by atoms with van der Waals surface area (Å²) in [5.41, 5.74) is 7.57. The molecule has 0 amide bonds. The lowest BCUT2D eigenvalue weighted by atomic mass is 10.2. The summed E-state index contributed by atoms with van der Waals surface area (Å²) in [5.74, 6) is 1.47. The second-order valence-electron chi connectivity index (χ2n) is 3.82. The van der Waals surface area contributed by atoms with Crippen LogP contribution in [0.4, 0.5) is 5.69 Å². The first-order chi connectivity index (χ1) is 8.81. The summed E-state index contributed by atoms with van der Waals surface area (Å²) in [6.07, 6.45) is 4.17. The maximum Gasteiger partial charge on any atom is 0.161 e. The fourth-order valence-electron chi connectivity index (χ4n) is 1.66. The molecular weight excluding hydrogens is 228 g/mol. The molecule has 2 N–H and O–H groups in total. The first-order valence-corrected chi connectivity index (χ1v) is 5.75. The highest BCUT2D eigenvalue weighted by atomic mass is 16.5. The minimum atomic E-state index is 0.538. The molecule has 0 aliphatic heterocycles. The first-order valence-electron chi connectivity index (χ1n) is 5.75. The van der Waals surface area contributed by atoms with Crippen molar-refractivity contribution < 1.29 is 9.47 Å². The zero-order valence-electron chi connectivity index (χ0n) is 10.3. The van der Waals surface area contributed by atoms with Gasteiger partial charge in [0.1, 0.15) is 0 Å². The highest BCUT2D eigenvalue weighted by Crippen LogP contribution is 2.25. The van der Waals surface area contributed by atoms with Crippen molar-refractivity contribution in [1.29, 1.82) is 0 Å². The number of hydrogen-bond donors (Lipinski definition) is 1. The number of nitrogens with zero attached hydrogens (tertiary/aromatic N) is 1. The summed E-state index contributed by atoms with van der Waals surface area (Å²) in [4.78, 5) is 4.04. The number of anilines is 1. The second kappa shape index (κ2) is 5.91. The molecule has 4 nitrogen and oxygen atoms in total. The molecule has 0 aliphatic carbocycles. The van der Waals surface area contributed by atoms with Crippen LogP contribution in [0.25, 0.3) is 0 Å². The van der Waals surface area contributed by atoms with E-state index < -0.39 is 0 Å². The molecule has 1 aromatic carbocycles. The summed E-state index contributed by atoms with van der Waals surface area (Å²) in [6, 6.07) is 9.36. The summed E-state index contributed by atoms with van der Waals surface area (Å²) in [6.45, 7) is 0.538. The molecule has 0 saturated carbocycles. The normalized spacial score (nSPS) is 10.1. The molecule has 0 radical (unpaired) electrons. The molecule has 0 fully saturated rings. The Balaban J connectivity index is 1.95. The molecule has 0 bridgehead atoms. The van der Waals surface area contributed by atoms with E-state index in [9.17, 15) is 0 Å². The Kier molecular flexibility index (Phi) is 4.02. The minimum absolute atomic E-state index is 0.538. The number of aromatic nitrogens is 1. The van der Waals surface area contributed by atoms with Crippen LogP contribution < -0.4 is 15.2 Å². The topological polar surface area (TPSA) is 57.4 Å². The van der Waals surface area contributed by atoms with Gasteiger partial charge in [-0.05, 0) is 23.8 Å². The van der Waals surface area contributed by atoms with Crippen LogP contribution in [0.2, 0.25) is 0 Å². The average Bonchev–Trinajstić information content (AvgIpc) is 2.41. The lowest BCUT2D eigenvalue weighted by Crippen LogP contribution is -2.05. The summed E-state index contributed by atoms with van der Waals surface area (Å²) >= 11 is 0. The van der Waals surface area contributed by atoms with E-state index >= 15 is 0 Å². The number of para-hydroxylation sites is 2. The van der Waals surface area contributed by atoms with Gasteiger partial charge < -0.3 is 15.2 Å². The Morgan fingerprint density at radius 1 is 1.17 bits per heavy atom. The number of hydrogen-bond acceptors (Lipinski definition) is 4. The third-order valence-corrected chi connectivity index (χ3v) is 2.64. The lowest BCUT2D eigenvalue weighted by Gasteiger charge is -2.10. The van der Waals surface area contributed by atoms with Gasteiger partial charge >= 0.3 is 0 Å². The van der Waals surface area contributed by atoms with Gasteiger partial charge in [0.2, 0.25) is 0 Å². The number of nitrogen functional groups attached to an aromatic ring is 1. The van der Waals surface area contributed by atoms with Crippen molar-refractivity contribution in [1.82, 2.24) is 4.98 Å². The fourth-order valence-corrected chi connectivity index (χ4v) is 1.66. The average molecular weight is 244 g/mol. The number of ether oxygens (including phenoxy) is 2. The van der Waals surface area contributed by atoms with Gasteiger partial charge in [0.15, 0.2) is 11.5 Å². The monoisotopic (exact) mass is 244 g/mol. The lowest BCUT2D eigenvalue weighted by molar-refractivity contribution is 0.298. The second-order valence-corrected chi connectivity index (χ2v) is 3.82. The van der Waals surface area contributed by atoms with Gasteiger partial charge in [-0.25, -0.2) is 0 Å². The van der Waals surface area contributed by atoms with Crippen LogP contribution in [0.5, 0.6) is 11.5 Å². The highest BCUT2D eigenvalue weighted by Gasteiger charge is 2.03. The molecule has 4 heteroatoms. The largest absolute Gasteiger partial charge is 0.493 e. The maximum absolute atomic E-state index is 5.84. The molecule has 0 spiro atoms. The molecule has 0 unspecified atom stereocenters. The molecule has 94 valence electrons. The smallest absolute Gasteiger partial charge is 0.161 e. The van der Waals surface area contributed by atoms with Gasteiger partial charge in [0, 0.05) is 24.5 Å². The molecular formula is C14H16N2O2. The van der Waals surface area contributed by atoms with Crippen molar-refractivity contribution in [2.45, 2.75) is 6.42 Å². The molecule has 2 aromatic rings. The number of benzene rings is 1. The first kappa shape index (κ1) is 12.2. The summed E-state index contributed by atoms with van der Waals surface area (Å²) in [7, 11) is 1.63. The predicted molar refractivity (Wildman–Crippen MR) is 70.8 cm³/mol. The van der Waals surface area contributed by atoms with Crippen LogP contribution in [-0.4, -0.2) is 18.7 Å². The molecule has 2 rings (SSSR count). The van der Waals surface area contributed by atoms with E-state index in [0.717, 1.165) is 29.2 Å². The van der Waals surface area contributed by atoms with Crippen molar-refractivity contribution >= 4 is 5.69 Å². The minimum Gasteiger partial charge on any atom is -0.493 e. The molecule has 1 aromatic heterocycles. The Morgan fingerprint density at radius 3 is 2.67 bits per heavy atom. The fraction of sp³-hybridized carbons (Fsp3) is 0.214. The Hall–Kier alpha value is -2.23.